The molecule has 1 aromatic rings. The predicted octanol–water partition coefficient (Wildman–Crippen LogP) is 1.21. The van der Waals surface area contributed by atoms with Gasteiger partial charge in [-0.15, -0.1) is 0 Å². The Kier molecular flexibility index (Phi) is 5.34. The fourth-order valence-corrected chi connectivity index (χ4v) is 2.15. The molecular formula is C13H24N6O. The molecule has 1 saturated heterocycles. The summed E-state index contributed by atoms with van der Waals surface area (Å²) in [5, 5.41) is 6.47. The van der Waals surface area contributed by atoms with Gasteiger partial charge in [-0.2, -0.15) is 15.0 Å². The first-order valence-corrected chi connectivity index (χ1v) is 7.29. The number of nitrogens with zero attached hydrogens (tertiary/aromatic N) is 4. The van der Waals surface area contributed by atoms with Crippen LogP contribution < -0.4 is 15.4 Å². The molecule has 1 atom stereocenters. The van der Waals surface area contributed by atoms with Crippen molar-refractivity contribution in [3.63, 3.8) is 0 Å². The molecule has 0 aliphatic carbocycles. The van der Waals surface area contributed by atoms with Crippen LogP contribution in [0.25, 0.3) is 0 Å². The summed E-state index contributed by atoms with van der Waals surface area (Å²) in [7, 11) is 2.12. The van der Waals surface area contributed by atoms with Crippen LogP contribution in [0.15, 0.2) is 0 Å². The lowest BCUT2D eigenvalue weighted by atomic mass is 10.3. The van der Waals surface area contributed by atoms with Crippen LogP contribution in [0.5, 0.6) is 6.01 Å². The van der Waals surface area contributed by atoms with Crippen molar-refractivity contribution in [2.75, 3.05) is 43.9 Å². The minimum absolute atomic E-state index is 0.381. The summed E-state index contributed by atoms with van der Waals surface area (Å²) >= 11 is 0. The maximum absolute atomic E-state index is 5.52. The number of likely N-dealkylation sites (N-methyl/N-ethyl adjacent to an activating group) is 1. The molecule has 0 bridgehead atoms. The normalized spacial score (nSPS) is 19.1. The molecule has 1 unspecified atom stereocenters. The van der Waals surface area contributed by atoms with Crippen molar-refractivity contribution in [3.8, 4) is 6.01 Å². The summed E-state index contributed by atoms with van der Waals surface area (Å²) < 4.78 is 5.52. The fourth-order valence-electron chi connectivity index (χ4n) is 2.15. The zero-order chi connectivity index (χ0) is 14.4. The van der Waals surface area contributed by atoms with Crippen LogP contribution in [-0.2, 0) is 0 Å². The quantitative estimate of drug-likeness (QED) is 0.777. The van der Waals surface area contributed by atoms with E-state index in [-0.39, 0.29) is 0 Å². The molecule has 7 heteroatoms. The van der Waals surface area contributed by atoms with Gasteiger partial charge in [-0.1, -0.05) is 6.92 Å². The first kappa shape index (κ1) is 14.8. The summed E-state index contributed by atoms with van der Waals surface area (Å²) in [6.07, 6.45) is 2.03. The van der Waals surface area contributed by atoms with Gasteiger partial charge in [0.15, 0.2) is 0 Å². The molecule has 2 N–H and O–H groups in total. The number of likely N-dealkylation sites (tertiary alicyclic amines) is 1. The van der Waals surface area contributed by atoms with E-state index in [1.807, 2.05) is 6.92 Å². The zero-order valence-electron chi connectivity index (χ0n) is 12.5. The molecule has 2 rings (SSSR count). The highest BCUT2D eigenvalue weighted by atomic mass is 16.5. The van der Waals surface area contributed by atoms with Crippen molar-refractivity contribution in [3.05, 3.63) is 0 Å². The molecular weight excluding hydrogens is 256 g/mol. The highest BCUT2D eigenvalue weighted by Crippen LogP contribution is 2.15. The van der Waals surface area contributed by atoms with Gasteiger partial charge in [-0.25, -0.2) is 0 Å². The van der Waals surface area contributed by atoms with Gasteiger partial charge in [0, 0.05) is 19.1 Å². The summed E-state index contributed by atoms with van der Waals surface area (Å²) in [5.41, 5.74) is 0. The van der Waals surface area contributed by atoms with Gasteiger partial charge < -0.3 is 20.3 Å². The molecule has 0 saturated carbocycles. The SMILES string of the molecule is CCCOc1nc(NCC)nc(NC2CCN(C)C2)n1. The van der Waals surface area contributed by atoms with Crippen LogP contribution in [0.1, 0.15) is 26.7 Å². The Morgan fingerprint density at radius 1 is 1.25 bits per heavy atom. The Hall–Kier alpha value is -1.63. The van der Waals surface area contributed by atoms with Crippen LogP contribution in [0.2, 0.25) is 0 Å². The minimum Gasteiger partial charge on any atom is -0.463 e. The number of hydrogen-bond donors (Lipinski definition) is 2. The van der Waals surface area contributed by atoms with E-state index in [4.69, 9.17) is 4.74 Å². The van der Waals surface area contributed by atoms with Gasteiger partial charge >= 0.3 is 6.01 Å². The zero-order valence-corrected chi connectivity index (χ0v) is 12.5. The molecule has 1 aliphatic rings. The van der Waals surface area contributed by atoms with E-state index in [1.165, 1.54) is 0 Å². The highest BCUT2D eigenvalue weighted by Gasteiger charge is 2.20. The van der Waals surface area contributed by atoms with Crippen LogP contribution in [0.4, 0.5) is 11.9 Å². The average molecular weight is 280 g/mol. The Morgan fingerprint density at radius 2 is 2.05 bits per heavy atom. The van der Waals surface area contributed by atoms with Gasteiger partial charge in [0.05, 0.1) is 6.61 Å². The fraction of sp³-hybridized carbons (Fsp3) is 0.769. The minimum atomic E-state index is 0.381. The molecule has 0 spiro atoms. The number of rotatable bonds is 7. The number of anilines is 2. The van der Waals surface area contributed by atoms with E-state index in [1.54, 1.807) is 0 Å². The molecule has 0 radical (unpaired) electrons. The molecule has 0 amide bonds. The second-order valence-corrected chi connectivity index (χ2v) is 5.04. The summed E-state index contributed by atoms with van der Waals surface area (Å²) in [4.78, 5) is 15.2. The van der Waals surface area contributed by atoms with Crippen molar-refractivity contribution in [1.29, 1.82) is 0 Å². The summed E-state index contributed by atoms with van der Waals surface area (Å²) in [6.45, 7) is 7.55. The second-order valence-electron chi connectivity index (χ2n) is 5.04. The second kappa shape index (κ2) is 7.23. The Labute approximate surface area is 120 Å². The first-order valence-electron chi connectivity index (χ1n) is 7.29. The third kappa shape index (κ3) is 4.19. The lowest BCUT2D eigenvalue weighted by Gasteiger charge is -2.14. The van der Waals surface area contributed by atoms with Crippen molar-refractivity contribution < 1.29 is 4.74 Å². The predicted molar refractivity (Wildman–Crippen MR) is 79.3 cm³/mol. The molecule has 1 fully saturated rings. The standard InChI is InChI=1S/C13H24N6O/c1-4-8-20-13-17-11(14-5-2)16-12(18-13)15-10-6-7-19(3)9-10/h10H,4-9H2,1-3H3,(H2,14,15,16,17,18). The Morgan fingerprint density at radius 3 is 2.70 bits per heavy atom. The van der Waals surface area contributed by atoms with Crippen molar-refractivity contribution in [1.82, 2.24) is 19.9 Å². The van der Waals surface area contributed by atoms with Gasteiger partial charge in [-0.3, -0.25) is 0 Å². The maximum Gasteiger partial charge on any atom is 0.323 e. The van der Waals surface area contributed by atoms with Gasteiger partial charge in [0.1, 0.15) is 0 Å². The van der Waals surface area contributed by atoms with E-state index < -0.39 is 0 Å². The van der Waals surface area contributed by atoms with E-state index >= 15 is 0 Å². The highest BCUT2D eigenvalue weighted by molar-refractivity contribution is 5.36. The number of hydrogen-bond acceptors (Lipinski definition) is 7. The van der Waals surface area contributed by atoms with Crippen LogP contribution in [0.3, 0.4) is 0 Å². The van der Waals surface area contributed by atoms with E-state index in [0.717, 1.165) is 32.5 Å². The van der Waals surface area contributed by atoms with E-state index in [9.17, 15) is 0 Å². The van der Waals surface area contributed by atoms with Crippen LogP contribution >= 0.6 is 0 Å². The summed E-state index contributed by atoms with van der Waals surface area (Å²) in [6, 6.07) is 0.766. The summed E-state index contributed by atoms with van der Waals surface area (Å²) in [5.74, 6) is 1.14. The molecule has 2 heterocycles. The largest absolute Gasteiger partial charge is 0.463 e. The van der Waals surface area contributed by atoms with Crippen LogP contribution in [-0.4, -0.2) is 59.2 Å². The molecule has 0 aromatic carbocycles. The van der Waals surface area contributed by atoms with Gasteiger partial charge in [-0.05, 0) is 33.4 Å². The lowest BCUT2D eigenvalue weighted by Crippen LogP contribution is -2.25. The lowest BCUT2D eigenvalue weighted by molar-refractivity contribution is 0.292. The Bertz CT molecular complexity index is 427. The molecule has 112 valence electrons. The third-order valence-corrected chi connectivity index (χ3v) is 3.11. The molecule has 1 aromatic heterocycles. The number of nitrogens with one attached hydrogen (secondary N) is 2. The Balaban J connectivity index is 2.07. The number of ether oxygens (including phenoxy) is 1. The smallest absolute Gasteiger partial charge is 0.323 e. The first-order chi connectivity index (χ1) is 9.71. The molecule has 7 nitrogen and oxygen atoms in total. The maximum atomic E-state index is 5.52. The molecule has 20 heavy (non-hydrogen) atoms. The number of aromatic nitrogens is 3. The monoisotopic (exact) mass is 280 g/mol. The van der Waals surface area contributed by atoms with Crippen LogP contribution in [0, 0.1) is 0 Å². The van der Waals surface area contributed by atoms with E-state index in [0.29, 0.717) is 30.6 Å². The topological polar surface area (TPSA) is 75.2 Å². The van der Waals surface area contributed by atoms with Gasteiger partial charge in [0.25, 0.3) is 0 Å². The average Bonchev–Trinajstić information content (AvgIpc) is 2.82. The van der Waals surface area contributed by atoms with Gasteiger partial charge in [0.2, 0.25) is 11.9 Å². The van der Waals surface area contributed by atoms with E-state index in [2.05, 4.69) is 44.5 Å². The van der Waals surface area contributed by atoms with Crippen molar-refractivity contribution in [2.24, 2.45) is 0 Å². The van der Waals surface area contributed by atoms with Crippen molar-refractivity contribution in [2.45, 2.75) is 32.7 Å². The van der Waals surface area contributed by atoms with Crippen molar-refractivity contribution >= 4 is 11.9 Å². The third-order valence-electron chi connectivity index (χ3n) is 3.11. The molecule has 1 aliphatic heterocycles.